The van der Waals surface area contributed by atoms with Crippen molar-refractivity contribution in [2.24, 2.45) is 0 Å². The van der Waals surface area contributed by atoms with Crippen molar-refractivity contribution in [2.45, 2.75) is 0 Å². The van der Waals surface area contributed by atoms with Crippen molar-refractivity contribution in [3.05, 3.63) is 54.8 Å². The number of ether oxygens (including phenoxy) is 1. The number of furan rings is 1. The monoisotopic (exact) mass is 235 g/mol. The summed E-state index contributed by atoms with van der Waals surface area (Å²) in [5, 5.41) is 10.6. The van der Waals surface area contributed by atoms with Crippen LogP contribution in [0.1, 0.15) is 0 Å². The van der Waals surface area contributed by atoms with Gasteiger partial charge < -0.3 is 9.15 Å². The van der Waals surface area contributed by atoms with Crippen molar-refractivity contribution in [3.63, 3.8) is 0 Å². The summed E-state index contributed by atoms with van der Waals surface area (Å²) < 4.78 is 10.3. The summed E-state index contributed by atoms with van der Waals surface area (Å²) in [5.74, 6) is 1.35. The van der Waals surface area contributed by atoms with Crippen LogP contribution in [0.15, 0.2) is 59.2 Å². The second kappa shape index (κ2) is 4.27. The molecule has 0 aliphatic carbocycles. The first-order valence-electron chi connectivity index (χ1n) is 5.51. The van der Waals surface area contributed by atoms with E-state index in [1.165, 1.54) is 0 Å². The van der Waals surface area contributed by atoms with E-state index in [0.717, 1.165) is 22.1 Å². The molecule has 0 radical (unpaired) electrons. The molecule has 86 valence electrons. The Morgan fingerprint density at radius 2 is 1.78 bits per heavy atom. The Morgan fingerprint density at radius 1 is 1.00 bits per heavy atom. The molecule has 0 fully saturated rings. The van der Waals surface area contributed by atoms with Gasteiger partial charge in [-0.1, -0.05) is 24.3 Å². The van der Waals surface area contributed by atoms with Crippen LogP contribution in [0.2, 0.25) is 0 Å². The van der Waals surface area contributed by atoms with Crippen molar-refractivity contribution in [3.8, 4) is 23.3 Å². The smallest absolute Gasteiger partial charge is 0.292 e. The average molecular weight is 235 g/mol. The van der Waals surface area contributed by atoms with Crippen LogP contribution in [-0.2, 0) is 0 Å². The quantitative estimate of drug-likeness (QED) is 0.631. The summed E-state index contributed by atoms with van der Waals surface area (Å²) >= 11 is 0. The fraction of sp³-hybridized carbons (Fsp3) is 0. The molecule has 0 unspecified atom stereocenters. The third-order valence-corrected chi connectivity index (χ3v) is 2.79. The van der Waals surface area contributed by atoms with E-state index in [9.17, 15) is 0 Å². The van der Waals surface area contributed by atoms with E-state index in [0.29, 0.717) is 5.75 Å². The SMILES string of the molecule is N#COc1ccc(-c2occ3ccccc23)cc1. The fourth-order valence-electron chi connectivity index (χ4n) is 1.94. The van der Waals surface area contributed by atoms with E-state index < -0.39 is 0 Å². The van der Waals surface area contributed by atoms with Crippen LogP contribution in [0.25, 0.3) is 22.1 Å². The highest BCUT2D eigenvalue weighted by Crippen LogP contribution is 2.31. The molecule has 0 aliphatic rings. The van der Waals surface area contributed by atoms with Crippen LogP contribution in [0.3, 0.4) is 0 Å². The van der Waals surface area contributed by atoms with Gasteiger partial charge in [-0.25, -0.2) is 0 Å². The lowest BCUT2D eigenvalue weighted by molar-refractivity contribution is 0.507. The molecule has 0 spiro atoms. The van der Waals surface area contributed by atoms with Gasteiger partial charge in [-0.15, -0.1) is 5.26 Å². The van der Waals surface area contributed by atoms with Crippen molar-refractivity contribution < 1.29 is 9.15 Å². The lowest BCUT2D eigenvalue weighted by Crippen LogP contribution is -1.81. The molecule has 3 nitrogen and oxygen atoms in total. The molecule has 0 aliphatic heterocycles. The Morgan fingerprint density at radius 3 is 2.56 bits per heavy atom. The fourth-order valence-corrected chi connectivity index (χ4v) is 1.94. The number of nitriles is 1. The molecular weight excluding hydrogens is 226 g/mol. The minimum absolute atomic E-state index is 0.525. The maximum atomic E-state index is 8.42. The normalized spacial score (nSPS) is 10.2. The zero-order chi connectivity index (χ0) is 12.4. The summed E-state index contributed by atoms with van der Waals surface area (Å²) in [4.78, 5) is 0. The van der Waals surface area contributed by atoms with E-state index in [-0.39, 0.29) is 0 Å². The van der Waals surface area contributed by atoms with Crippen molar-refractivity contribution in [2.75, 3.05) is 0 Å². The molecule has 1 heterocycles. The lowest BCUT2D eigenvalue weighted by atomic mass is 10.1. The highest BCUT2D eigenvalue weighted by atomic mass is 16.5. The molecule has 0 saturated heterocycles. The molecule has 3 aromatic rings. The van der Waals surface area contributed by atoms with Gasteiger partial charge >= 0.3 is 0 Å². The molecule has 0 N–H and O–H groups in total. The van der Waals surface area contributed by atoms with Crippen LogP contribution >= 0.6 is 0 Å². The van der Waals surface area contributed by atoms with Crippen molar-refractivity contribution in [1.29, 1.82) is 5.26 Å². The summed E-state index contributed by atoms with van der Waals surface area (Å²) in [5.41, 5.74) is 0.960. The zero-order valence-electron chi connectivity index (χ0n) is 9.46. The predicted octanol–water partition coefficient (Wildman–Crippen LogP) is 3.96. The Labute approximate surface area is 104 Å². The Balaban J connectivity index is 2.07. The maximum Gasteiger partial charge on any atom is 0.292 e. The highest BCUT2D eigenvalue weighted by Gasteiger charge is 2.07. The van der Waals surface area contributed by atoms with Gasteiger partial charge in [0.2, 0.25) is 0 Å². The molecule has 18 heavy (non-hydrogen) atoms. The minimum atomic E-state index is 0.525. The van der Waals surface area contributed by atoms with Crippen LogP contribution < -0.4 is 4.74 Å². The van der Waals surface area contributed by atoms with Crippen LogP contribution in [0, 0.1) is 11.5 Å². The predicted molar refractivity (Wildman–Crippen MR) is 67.9 cm³/mol. The Kier molecular flexibility index (Phi) is 2.47. The number of hydrogen-bond acceptors (Lipinski definition) is 3. The van der Waals surface area contributed by atoms with E-state index in [1.807, 2.05) is 36.4 Å². The summed E-state index contributed by atoms with van der Waals surface area (Å²) in [6, 6.07) is 15.2. The van der Waals surface area contributed by atoms with Gasteiger partial charge in [-0.05, 0) is 24.3 Å². The maximum absolute atomic E-state index is 8.42. The van der Waals surface area contributed by atoms with Gasteiger partial charge in [-0.2, -0.15) is 0 Å². The molecule has 2 aromatic carbocycles. The number of rotatable bonds is 2. The molecule has 3 rings (SSSR count). The topological polar surface area (TPSA) is 46.2 Å². The molecule has 0 atom stereocenters. The largest absolute Gasteiger partial charge is 0.463 e. The second-order valence-corrected chi connectivity index (χ2v) is 3.87. The summed E-state index contributed by atoms with van der Waals surface area (Å²) in [6.07, 6.45) is 3.38. The first-order valence-corrected chi connectivity index (χ1v) is 5.51. The standard InChI is InChI=1S/C15H9NO2/c16-10-18-13-7-5-11(6-8-13)15-14-4-2-1-3-12(14)9-17-15/h1-9H. The number of benzene rings is 2. The molecule has 3 heteroatoms. The van der Waals surface area contributed by atoms with Gasteiger partial charge in [0.05, 0.1) is 6.26 Å². The third kappa shape index (κ3) is 1.70. The molecule has 0 amide bonds. The summed E-state index contributed by atoms with van der Waals surface area (Å²) in [7, 11) is 0. The van der Waals surface area contributed by atoms with Crippen molar-refractivity contribution >= 4 is 10.8 Å². The van der Waals surface area contributed by atoms with E-state index >= 15 is 0 Å². The van der Waals surface area contributed by atoms with E-state index in [4.69, 9.17) is 14.4 Å². The zero-order valence-corrected chi connectivity index (χ0v) is 9.46. The van der Waals surface area contributed by atoms with E-state index in [1.54, 1.807) is 24.7 Å². The molecular formula is C15H9NO2. The molecule has 0 saturated carbocycles. The Bertz CT molecular complexity index is 720. The third-order valence-electron chi connectivity index (χ3n) is 2.79. The lowest BCUT2D eigenvalue weighted by Gasteiger charge is -1.99. The van der Waals surface area contributed by atoms with Crippen LogP contribution in [0.4, 0.5) is 0 Å². The number of fused-ring (bicyclic) bond motifs is 1. The van der Waals surface area contributed by atoms with Gasteiger partial charge in [0, 0.05) is 16.3 Å². The van der Waals surface area contributed by atoms with Gasteiger partial charge in [-0.3, -0.25) is 0 Å². The average Bonchev–Trinajstić information content (AvgIpc) is 2.84. The van der Waals surface area contributed by atoms with Gasteiger partial charge in [0.1, 0.15) is 11.5 Å². The van der Waals surface area contributed by atoms with Crippen molar-refractivity contribution in [1.82, 2.24) is 0 Å². The van der Waals surface area contributed by atoms with Gasteiger partial charge in [0.25, 0.3) is 6.26 Å². The van der Waals surface area contributed by atoms with Gasteiger partial charge in [0.15, 0.2) is 0 Å². The minimum Gasteiger partial charge on any atom is -0.463 e. The first kappa shape index (κ1) is 10.4. The highest BCUT2D eigenvalue weighted by molar-refractivity contribution is 5.94. The number of hydrogen-bond donors (Lipinski definition) is 0. The summed E-state index contributed by atoms with van der Waals surface area (Å²) in [6.45, 7) is 0. The number of nitrogens with zero attached hydrogens (tertiary/aromatic N) is 1. The van der Waals surface area contributed by atoms with Crippen LogP contribution in [-0.4, -0.2) is 0 Å². The first-order chi connectivity index (χ1) is 8.88. The van der Waals surface area contributed by atoms with E-state index in [2.05, 4.69) is 0 Å². The van der Waals surface area contributed by atoms with Crippen LogP contribution in [0.5, 0.6) is 5.75 Å². The molecule has 1 aromatic heterocycles. The Hall–Kier alpha value is -2.73. The molecule has 0 bridgehead atoms. The second-order valence-electron chi connectivity index (χ2n) is 3.87.